The van der Waals surface area contributed by atoms with Crippen molar-refractivity contribution in [3.8, 4) is 17.2 Å². The molecule has 31 heavy (non-hydrogen) atoms. The zero-order valence-corrected chi connectivity index (χ0v) is 16.7. The number of benzene rings is 2. The molecule has 0 radical (unpaired) electrons. The minimum Gasteiger partial charge on any atom is -0.493 e. The minimum absolute atomic E-state index is 0.160. The first-order chi connectivity index (χ1) is 14.7. The zero-order valence-electron chi connectivity index (χ0n) is 16.7. The number of para-hydroxylation sites is 1. The highest BCUT2D eigenvalue weighted by Crippen LogP contribution is 2.29. The summed E-state index contributed by atoms with van der Waals surface area (Å²) in [5.74, 6) is -0.873. The molecule has 0 heterocycles. The van der Waals surface area contributed by atoms with Gasteiger partial charge in [0.25, 0.3) is 5.91 Å². The maximum atomic E-state index is 12.5. The largest absolute Gasteiger partial charge is 0.573 e. The number of carbonyl (C=O) groups excluding carboxylic acids is 2. The average Bonchev–Trinajstić information content (AvgIpc) is 2.74. The van der Waals surface area contributed by atoms with Crippen molar-refractivity contribution in [3.05, 3.63) is 59.7 Å². The van der Waals surface area contributed by atoms with Crippen LogP contribution in [0.3, 0.4) is 0 Å². The van der Waals surface area contributed by atoms with E-state index in [0.717, 1.165) is 6.07 Å². The highest BCUT2D eigenvalue weighted by atomic mass is 19.4. The third kappa shape index (κ3) is 7.92. The molecule has 0 aromatic heterocycles. The number of amides is 1. The molecule has 0 unspecified atom stereocenters. The Balaban J connectivity index is 1.94. The van der Waals surface area contributed by atoms with Crippen LogP contribution in [0, 0.1) is 0 Å². The molecule has 0 saturated heterocycles. The molecule has 2 rings (SSSR count). The van der Waals surface area contributed by atoms with Crippen molar-refractivity contribution in [2.75, 3.05) is 20.8 Å². The molecule has 0 aliphatic heterocycles. The molecule has 0 spiro atoms. The van der Waals surface area contributed by atoms with Crippen LogP contribution in [0.2, 0.25) is 0 Å². The smallest absolute Gasteiger partial charge is 0.493 e. The van der Waals surface area contributed by atoms with Gasteiger partial charge in [-0.3, -0.25) is 4.79 Å². The number of halogens is 3. The molecule has 0 fully saturated rings. The fraction of sp³-hybridized carbons (Fsp3) is 0.238. The van der Waals surface area contributed by atoms with E-state index in [1.54, 1.807) is 18.2 Å². The molecular formula is C21H20F3NO6. The van der Waals surface area contributed by atoms with E-state index in [4.69, 9.17) is 9.47 Å². The van der Waals surface area contributed by atoms with E-state index in [-0.39, 0.29) is 17.9 Å². The Hall–Kier alpha value is -3.69. The van der Waals surface area contributed by atoms with E-state index in [9.17, 15) is 22.8 Å². The van der Waals surface area contributed by atoms with Crippen LogP contribution in [0.4, 0.5) is 13.2 Å². The molecule has 1 amide bonds. The number of hydrogen-bond acceptors (Lipinski definition) is 6. The summed E-state index contributed by atoms with van der Waals surface area (Å²) in [7, 11) is 2.67. The molecule has 2 aromatic rings. The molecule has 0 atom stereocenters. The van der Waals surface area contributed by atoms with Gasteiger partial charge in [0.05, 0.1) is 14.2 Å². The first kappa shape index (κ1) is 23.6. The van der Waals surface area contributed by atoms with Crippen LogP contribution < -0.4 is 19.5 Å². The van der Waals surface area contributed by atoms with Crippen LogP contribution in [-0.2, 0) is 20.9 Å². The standard InChI is InChI=1S/C21H20F3NO6/c1-28-18-11-14(8-10-20(27)29-2)7-9-17(18)30-13-19(26)25-12-15-5-3-4-6-16(15)31-21(22,23)24/h3-11H,12-13H2,1-2H3,(H,25,26). The lowest BCUT2D eigenvalue weighted by Gasteiger charge is -2.14. The summed E-state index contributed by atoms with van der Waals surface area (Å²) in [4.78, 5) is 23.2. The van der Waals surface area contributed by atoms with E-state index in [0.29, 0.717) is 11.3 Å². The lowest BCUT2D eigenvalue weighted by molar-refractivity contribution is -0.274. The maximum absolute atomic E-state index is 12.5. The highest BCUT2D eigenvalue weighted by molar-refractivity contribution is 5.87. The lowest BCUT2D eigenvalue weighted by atomic mass is 10.2. The Labute approximate surface area is 176 Å². The van der Waals surface area contributed by atoms with Crippen LogP contribution in [-0.4, -0.2) is 39.1 Å². The lowest BCUT2D eigenvalue weighted by Crippen LogP contribution is -2.29. The first-order valence-electron chi connectivity index (χ1n) is 8.89. The van der Waals surface area contributed by atoms with Gasteiger partial charge in [-0.25, -0.2) is 4.79 Å². The van der Waals surface area contributed by atoms with Gasteiger partial charge < -0.3 is 24.3 Å². The van der Waals surface area contributed by atoms with Crippen molar-refractivity contribution >= 4 is 18.0 Å². The molecule has 7 nitrogen and oxygen atoms in total. The summed E-state index contributed by atoms with van der Waals surface area (Å²) >= 11 is 0. The second-order valence-electron chi connectivity index (χ2n) is 5.99. The van der Waals surface area contributed by atoms with E-state index in [1.165, 1.54) is 44.6 Å². The van der Waals surface area contributed by atoms with Gasteiger partial charge in [0, 0.05) is 18.2 Å². The third-order valence-corrected chi connectivity index (χ3v) is 3.83. The Kier molecular flexibility index (Phi) is 8.30. The monoisotopic (exact) mass is 439 g/mol. The molecule has 2 aromatic carbocycles. The van der Waals surface area contributed by atoms with Crippen molar-refractivity contribution in [1.82, 2.24) is 5.32 Å². The average molecular weight is 439 g/mol. The molecule has 1 N–H and O–H groups in total. The normalized spacial score (nSPS) is 11.1. The molecular weight excluding hydrogens is 419 g/mol. The van der Waals surface area contributed by atoms with E-state index < -0.39 is 30.6 Å². The summed E-state index contributed by atoms with van der Waals surface area (Å²) in [6.45, 7) is -0.571. The number of ether oxygens (including phenoxy) is 4. The van der Waals surface area contributed by atoms with Crippen molar-refractivity contribution in [2.24, 2.45) is 0 Å². The molecule has 166 valence electrons. The summed E-state index contributed by atoms with van der Waals surface area (Å²) in [6.07, 6.45) is -2.08. The quantitative estimate of drug-likeness (QED) is 0.476. The second kappa shape index (κ2) is 10.9. The van der Waals surface area contributed by atoms with E-state index in [1.807, 2.05) is 0 Å². The fourth-order valence-electron chi connectivity index (χ4n) is 2.40. The number of alkyl halides is 3. The van der Waals surface area contributed by atoms with Gasteiger partial charge in [0.1, 0.15) is 5.75 Å². The number of rotatable bonds is 9. The van der Waals surface area contributed by atoms with Crippen LogP contribution in [0.1, 0.15) is 11.1 Å². The molecule has 0 aliphatic rings. The van der Waals surface area contributed by atoms with Crippen molar-refractivity contribution < 1.29 is 41.7 Å². The summed E-state index contributed by atoms with van der Waals surface area (Å²) in [5.41, 5.74) is 0.799. The van der Waals surface area contributed by atoms with Crippen molar-refractivity contribution in [1.29, 1.82) is 0 Å². The van der Waals surface area contributed by atoms with Crippen LogP contribution in [0.5, 0.6) is 17.2 Å². The molecule has 0 saturated carbocycles. The molecule has 0 bridgehead atoms. The van der Waals surface area contributed by atoms with Crippen LogP contribution in [0.25, 0.3) is 6.08 Å². The van der Waals surface area contributed by atoms with Crippen molar-refractivity contribution in [2.45, 2.75) is 12.9 Å². The van der Waals surface area contributed by atoms with Gasteiger partial charge in [-0.05, 0) is 29.8 Å². The first-order valence-corrected chi connectivity index (χ1v) is 8.89. The van der Waals surface area contributed by atoms with E-state index >= 15 is 0 Å². The van der Waals surface area contributed by atoms with Gasteiger partial charge in [-0.15, -0.1) is 13.2 Å². The predicted octanol–water partition coefficient (Wildman–Crippen LogP) is 3.48. The molecule has 0 aliphatic carbocycles. The predicted molar refractivity (Wildman–Crippen MR) is 105 cm³/mol. The Morgan fingerprint density at radius 2 is 1.77 bits per heavy atom. The number of nitrogens with one attached hydrogen (secondary N) is 1. The molecule has 10 heteroatoms. The van der Waals surface area contributed by atoms with Crippen molar-refractivity contribution in [3.63, 3.8) is 0 Å². The second-order valence-corrected chi connectivity index (χ2v) is 5.99. The maximum Gasteiger partial charge on any atom is 0.573 e. The van der Waals surface area contributed by atoms with Gasteiger partial charge in [-0.1, -0.05) is 24.3 Å². The van der Waals surface area contributed by atoms with Crippen LogP contribution >= 0.6 is 0 Å². The minimum atomic E-state index is -4.84. The highest BCUT2D eigenvalue weighted by Gasteiger charge is 2.32. The summed E-state index contributed by atoms with van der Waals surface area (Å²) in [5, 5.41) is 2.47. The number of methoxy groups -OCH3 is 2. The summed E-state index contributed by atoms with van der Waals surface area (Å²) in [6, 6.07) is 10.3. The summed E-state index contributed by atoms with van der Waals surface area (Å²) < 4.78 is 56.5. The number of hydrogen-bond donors (Lipinski definition) is 1. The van der Waals surface area contributed by atoms with Gasteiger partial charge in [0.2, 0.25) is 0 Å². The van der Waals surface area contributed by atoms with Gasteiger partial charge >= 0.3 is 12.3 Å². The third-order valence-electron chi connectivity index (χ3n) is 3.83. The van der Waals surface area contributed by atoms with Gasteiger partial charge in [-0.2, -0.15) is 0 Å². The zero-order chi connectivity index (χ0) is 22.9. The van der Waals surface area contributed by atoms with E-state index in [2.05, 4.69) is 14.8 Å². The number of esters is 1. The topological polar surface area (TPSA) is 83.1 Å². The number of carbonyl (C=O) groups is 2. The SMILES string of the molecule is COC(=O)C=Cc1ccc(OCC(=O)NCc2ccccc2OC(F)(F)F)c(OC)c1. The Morgan fingerprint density at radius 3 is 2.45 bits per heavy atom. The van der Waals surface area contributed by atoms with Crippen LogP contribution in [0.15, 0.2) is 48.5 Å². The Morgan fingerprint density at radius 1 is 1.03 bits per heavy atom. The Bertz CT molecular complexity index is 943. The van der Waals surface area contributed by atoms with Gasteiger partial charge in [0.15, 0.2) is 18.1 Å². The fourth-order valence-corrected chi connectivity index (χ4v) is 2.40.